The van der Waals surface area contributed by atoms with Gasteiger partial charge in [-0.15, -0.1) is 0 Å². The monoisotopic (exact) mass is 162 g/mol. The first kappa shape index (κ1) is 8.46. The Morgan fingerprint density at radius 3 is 2.42 bits per heavy atom. The van der Waals surface area contributed by atoms with Crippen molar-refractivity contribution < 1.29 is 4.79 Å². The van der Waals surface area contributed by atoms with E-state index in [4.69, 9.17) is 0 Å². The second kappa shape index (κ2) is 3.67. The van der Waals surface area contributed by atoms with Gasteiger partial charge in [0.25, 0.3) is 0 Å². The predicted octanol–water partition coefficient (Wildman–Crippen LogP) is 1.66. The zero-order valence-corrected chi connectivity index (χ0v) is 6.90. The number of benzene rings is 1. The highest BCUT2D eigenvalue weighted by Gasteiger charge is 2.06. The second-order valence-corrected chi connectivity index (χ2v) is 2.31. The van der Waals surface area contributed by atoms with Crippen molar-refractivity contribution in [2.24, 2.45) is 5.10 Å². The van der Waals surface area contributed by atoms with Gasteiger partial charge in [-0.05, 0) is 12.1 Å². The average Bonchev–Trinajstić information content (AvgIpc) is 2.07. The summed E-state index contributed by atoms with van der Waals surface area (Å²) in [6, 6.07) is 9.17. The van der Waals surface area contributed by atoms with E-state index >= 15 is 0 Å². The van der Waals surface area contributed by atoms with E-state index in [-0.39, 0.29) is 5.91 Å². The van der Waals surface area contributed by atoms with Crippen LogP contribution in [0.25, 0.3) is 0 Å². The van der Waals surface area contributed by atoms with Gasteiger partial charge < -0.3 is 0 Å². The molecule has 0 atom stereocenters. The fourth-order valence-electron chi connectivity index (χ4n) is 0.932. The lowest BCUT2D eigenvalue weighted by Crippen LogP contribution is -2.21. The molecule has 0 bridgehead atoms. The van der Waals surface area contributed by atoms with Crippen LogP contribution in [0.3, 0.4) is 0 Å². The molecule has 0 spiro atoms. The van der Waals surface area contributed by atoms with Gasteiger partial charge >= 0.3 is 0 Å². The number of hydrazone groups is 1. The molecule has 0 unspecified atom stereocenters. The van der Waals surface area contributed by atoms with Crippen LogP contribution in [0, 0.1) is 0 Å². The Morgan fingerprint density at radius 2 is 2.00 bits per heavy atom. The summed E-state index contributed by atoms with van der Waals surface area (Å²) < 4.78 is 0. The zero-order chi connectivity index (χ0) is 8.97. The number of hydrogen-bond donors (Lipinski definition) is 0. The molecule has 0 saturated carbocycles. The first-order valence-electron chi connectivity index (χ1n) is 3.58. The van der Waals surface area contributed by atoms with Gasteiger partial charge in [-0.25, -0.2) is 5.01 Å². The number of rotatable bonds is 2. The summed E-state index contributed by atoms with van der Waals surface area (Å²) in [7, 11) is 0. The van der Waals surface area contributed by atoms with E-state index in [0.717, 1.165) is 5.69 Å². The Balaban J connectivity index is 2.95. The Hall–Kier alpha value is -1.64. The maximum Gasteiger partial charge on any atom is 0.244 e. The van der Waals surface area contributed by atoms with Crippen molar-refractivity contribution in [3.8, 4) is 0 Å². The summed E-state index contributed by atoms with van der Waals surface area (Å²) in [6.45, 7) is 4.76. The zero-order valence-electron chi connectivity index (χ0n) is 6.90. The number of anilines is 1. The van der Waals surface area contributed by atoms with Gasteiger partial charge in [0, 0.05) is 13.6 Å². The van der Waals surface area contributed by atoms with Crippen LogP contribution in [-0.4, -0.2) is 12.6 Å². The van der Waals surface area contributed by atoms with Crippen LogP contribution in [0.5, 0.6) is 0 Å². The number of carbonyl (C=O) groups is 1. The van der Waals surface area contributed by atoms with Crippen LogP contribution in [0.2, 0.25) is 0 Å². The van der Waals surface area contributed by atoms with Gasteiger partial charge in [0.15, 0.2) is 0 Å². The maximum absolute atomic E-state index is 11.0. The minimum atomic E-state index is -0.142. The highest BCUT2D eigenvalue weighted by Crippen LogP contribution is 2.12. The molecule has 0 aliphatic heterocycles. The quantitative estimate of drug-likeness (QED) is 0.480. The fourth-order valence-corrected chi connectivity index (χ4v) is 0.932. The summed E-state index contributed by atoms with van der Waals surface area (Å²) in [5, 5.41) is 4.84. The number of carbonyl (C=O) groups excluding carboxylic acids is 1. The molecule has 3 heteroatoms. The molecule has 0 fully saturated rings. The number of amides is 1. The Morgan fingerprint density at radius 1 is 1.42 bits per heavy atom. The number of para-hydroxylation sites is 1. The van der Waals surface area contributed by atoms with Crippen molar-refractivity contribution in [3.05, 3.63) is 30.3 Å². The molecule has 1 aromatic rings. The largest absolute Gasteiger partial charge is 0.273 e. The first-order valence-corrected chi connectivity index (χ1v) is 3.58. The highest BCUT2D eigenvalue weighted by atomic mass is 16.2. The molecule has 0 heterocycles. The van der Waals surface area contributed by atoms with Crippen LogP contribution < -0.4 is 5.01 Å². The van der Waals surface area contributed by atoms with Crippen molar-refractivity contribution in [2.75, 3.05) is 5.01 Å². The lowest BCUT2D eigenvalue weighted by Gasteiger charge is -2.13. The van der Waals surface area contributed by atoms with Gasteiger partial charge in [0.05, 0.1) is 5.69 Å². The topological polar surface area (TPSA) is 32.7 Å². The molecule has 0 aliphatic carbocycles. The van der Waals surface area contributed by atoms with Crippen LogP contribution in [-0.2, 0) is 4.79 Å². The molecule has 1 rings (SSSR count). The molecular weight excluding hydrogens is 152 g/mol. The van der Waals surface area contributed by atoms with Gasteiger partial charge in [0.1, 0.15) is 0 Å². The van der Waals surface area contributed by atoms with Crippen molar-refractivity contribution in [2.45, 2.75) is 6.92 Å². The maximum atomic E-state index is 11.0. The van der Waals surface area contributed by atoms with E-state index in [0.29, 0.717) is 0 Å². The predicted molar refractivity (Wildman–Crippen MR) is 49.2 cm³/mol. The fraction of sp³-hybridized carbons (Fsp3) is 0.111. The molecule has 0 aromatic heterocycles. The summed E-state index contributed by atoms with van der Waals surface area (Å²) in [5.41, 5.74) is 0.736. The summed E-state index contributed by atoms with van der Waals surface area (Å²) in [6.07, 6.45) is 0. The molecular formula is C9H10N2O. The average molecular weight is 162 g/mol. The van der Waals surface area contributed by atoms with Crippen molar-refractivity contribution in [1.29, 1.82) is 0 Å². The molecule has 0 saturated heterocycles. The molecule has 0 aliphatic rings. The third-order valence-corrected chi connectivity index (χ3v) is 1.44. The molecule has 12 heavy (non-hydrogen) atoms. The van der Waals surface area contributed by atoms with Gasteiger partial charge in [-0.1, -0.05) is 18.2 Å². The number of nitrogens with zero attached hydrogens (tertiary/aromatic N) is 2. The Labute approximate surface area is 71.3 Å². The van der Waals surface area contributed by atoms with Crippen molar-refractivity contribution in [1.82, 2.24) is 0 Å². The second-order valence-electron chi connectivity index (χ2n) is 2.31. The standard InChI is InChI=1S/C9H10N2O/c1-8(12)11(10-2)9-6-4-3-5-7-9/h3-7H,2H2,1H3. The van der Waals surface area contributed by atoms with E-state index in [1.54, 1.807) is 12.1 Å². The van der Waals surface area contributed by atoms with Crippen molar-refractivity contribution in [3.63, 3.8) is 0 Å². The van der Waals surface area contributed by atoms with Crippen LogP contribution in [0.1, 0.15) is 6.92 Å². The molecule has 3 nitrogen and oxygen atoms in total. The minimum Gasteiger partial charge on any atom is -0.273 e. The van der Waals surface area contributed by atoms with E-state index in [2.05, 4.69) is 11.8 Å². The molecule has 62 valence electrons. The SMILES string of the molecule is C=NN(C(C)=O)c1ccccc1. The normalized spacial score (nSPS) is 9.08. The van der Waals surface area contributed by atoms with Gasteiger partial charge in [-0.3, -0.25) is 4.79 Å². The number of hydrogen-bond acceptors (Lipinski definition) is 2. The Bertz CT molecular complexity index is 282. The third kappa shape index (κ3) is 1.69. The molecule has 1 aromatic carbocycles. The van der Waals surface area contributed by atoms with E-state index in [1.807, 2.05) is 18.2 Å². The lowest BCUT2D eigenvalue weighted by atomic mass is 10.3. The highest BCUT2D eigenvalue weighted by molar-refractivity contribution is 5.91. The molecule has 0 radical (unpaired) electrons. The first-order chi connectivity index (χ1) is 5.75. The van der Waals surface area contributed by atoms with E-state index in [1.165, 1.54) is 11.9 Å². The summed E-state index contributed by atoms with van der Waals surface area (Å²) >= 11 is 0. The third-order valence-electron chi connectivity index (χ3n) is 1.44. The van der Waals surface area contributed by atoms with Crippen LogP contribution >= 0.6 is 0 Å². The Kier molecular flexibility index (Phi) is 2.58. The van der Waals surface area contributed by atoms with Gasteiger partial charge in [0.2, 0.25) is 5.91 Å². The summed E-state index contributed by atoms with van der Waals surface area (Å²) in [5.74, 6) is -0.142. The smallest absolute Gasteiger partial charge is 0.244 e. The van der Waals surface area contributed by atoms with Crippen molar-refractivity contribution >= 4 is 18.3 Å². The van der Waals surface area contributed by atoms with Crippen LogP contribution in [0.4, 0.5) is 5.69 Å². The summed E-state index contributed by atoms with van der Waals surface area (Å²) in [4.78, 5) is 11.0. The van der Waals surface area contributed by atoms with E-state index in [9.17, 15) is 4.79 Å². The molecule has 1 amide bonds. The van der Waals surface area contributed by atoms with Gasteiger partial charge in [-0.2, -0.15) is 5.10 Å². The lowest BCUT2D eigenvalue weighted by molar-refractivity contribution is -0.116. The van der Waals surface area contributed by atoms with E-state index < -0.39 is 0 Å². The van der Waals surface area contributed by atoms with Crippen LogP contribution in [0.15, 0.2) is 35.4 Å². The minimum absolute atomic E-state index is 0.142. The molecule has 0 N–H and O–H groups in total.